The molecule has 1 aliphatic rings. The van der Waals surface area contributed by atoms with Crippen molar-refractivity contribution in [3.63, 3.8) is 0 Å². The molecule has 1 aromatic rings. The van der Waals surface area contributed by atoms with Crippen molar-refractivity contribution in [1.82, 2.24) is 15.5 Å². The summed E-state index contributed by atoms with van der Waals surface area (Å²) >= 11 is 11.6. The number of benzene rings is 1. The summed E-state index contributed by atoms with van der Waals surface area (Å²) in [6, 6.07) is 1.90. The summed E-state index contributed by atoms with van der Waals surface area (Å²) in [5.41, 5.74) is 6.05. The van der Waals surface area contributed by atoms with E-state index in [1.54, 1.807) is 0 Å². The summed E-state index contributed by atoms with van der Waals surface area (Å²) in [6.07, 6.45) is -6.71. The van der Waals surface area contributed by atoms with Crippen LogP contribution in [-0.2, 0) is 0 Å². The Kier molecular flexibility index (Phi) is 5.82. The van der Waals surface area contributed by atoms with Gasteiger partial charge in [0.05, 0.1) is 16.2 Å². The van der Waals surface area contributed by atoms with Gasteiger partial charge in [0.1, 0.15) is 12.3 Å². The van der Waals surface area contributed by atoms with Gasteiger partial charge in [-0.05, 0) is 25.2 Å². The van der Waals surface area contributed by atoms with E-state index in [9.17, 15) is 18.0 Å². The lowest BCUT2D eigenvalue weighted by Gasteiger charge is -2.42. The van der Waals surface area contributed by atoms with Gasteiger partial charge in [0.25, 0.3) is 0 Å². The van der Waals surface area contributed by atoms with Gasteiger partial charge < -0.3 is 16.4 Å². The van der Waals surface area contributed by atoms with Gasteiger partial charge in [0, 0.05) is 12.1 Å². The van der Waals surface area contributed by atoms with Crippen molar-refractivity contribution < 1.29 is 18.0 Å². The van der Waals surface area contributed by atoms with Gasteiger partial charge in [-0.1, -0.05) is 23.2 Å². The van der Waals surface area contributed by atoms with E-state index in [2.05, 4.69) is 16.0 Å². The normalized spacial score (nSPS) is 25.4. The number of nitrogens with two attached hydrogens (primary N) is 1. The van der Waals surface area contributed by atoms with E-state index >= 15 is 0 Å². The van der Waals surface area contributed by atoms with Crippen LogP contribution in [0.25, 0.3) is 0 Å². The Morgan fingerprint density at radius 3 is 2.62 bits per heavy atom. The highest BCUT2D eigenvalue weighted by Crippen LogP contribution is 2.27. The van der Waals surface area contributed by atoms with Crippen LogP contribution in [0.2, 0.25) is 10.0 Å². The van der Waals surface area contributed by atoms with Crippen molar-refractivity contribution in [1.29, 1.82) is 0 Å². The number of urea groups is 1. The molecule has 0 saturated carbocycles. The van der Waals surface area contributed by atoms with Crippen molar-refractivity contribution in [3.05, 3.63) is 28.2 Å². The summed E-state index contributed by atoms with van der Waals surface area (Å²) in [7, 11) is 1.51. The van der Waals surface area contributed by atoms with Gasteiger partial charge in [0.15, 0.2) is 0 Å². The van der Waals surface area contributed by atoms with E-state index < -0.39 is 30.7 Å². The molecule has 1 saturated heterocycles. The van der Waals surface area contributed by atoms with E-state index in [0.29, 0.717) is 10.7 Å². The molecule has 3 atom stereocenters. The number of hydrogen-bond donors (Lipinski definition) is 4. The van der Waals surface area contributed by atoms with Crippen molar-refractivity contribution in [3.8, 4) is 0 Å². The minimum absolute atomic E-state index is 0.238. The summed E-state index contributed by atoms with van der Waals surface area (Å²) in [4.78, 5) is 13.4. The predicted octanol–water partition coefficient (Wildman–Crippen LogP) is 2.54. The second-order valence-electron chi connectivity index (χ2n) is 5.36. The zero-order valence-electron chi connectivity index (χ0n) is 12.5. The first-order chi connectivity index (χ1) is 11.1. The topological polar surface area (TPSA) is 82.4 Å². The molecule has 2 rings (SSSR count). The SMILES string of the molecule is CN1C(N)CC(C(F)(F)F)NC1NC(=O)Nc1ccc(Cl)c(Cl)c1. The second kappa shape index (κ2) is 7.32. The third-order valence-corrected chi connectivity index (χ3v) is 4.35. The molecule has 1 heterocycles. The van der Waals surface area contributed by atoms with E-state index in [4.69, 9.17) is 28.9 Å². The van der Waals surface area contributed by atoms with Crippen molar-refractivity contribution in [2.45, 2.75) is 31.1 Å². The molecule has 3 unspecified atom stereocenters. The minimum Gasteiger partial charge on any atom is -0.316 e. The quantitative estimate of drug-likeness (QED) is 0.630. The first-order valence-corrected chi connectivity index (χ1v) is 7.66. The van der Waals surface area contributed by atoms with E-state index in [0.717, 1.165) is 0 Å². The standard InChI is InChI=1S/C13H16Cl2F3N5O/c1-23-10(19)5-9(13(16,17)18)21-11(23)22-12(24)20-6-2-3-7(14)8(15)4-6/h2-4,9-11,21H,5,19H2,1H3,(H2,20,22,24). The maximum Gasteiger partial charge on any atom is 0.404 e. The number of carbonyl (C=O) groups is 1. The molecule has 0 spiro atoms. The van der Waals surface area contributed by atoms with Crippen molar-refractivity contribution in [2.24, 2.45) is 5.73 Å². The summed E-state index contributed by atoms with van der Waals surface area (Å²) in [5.74, 6) is 0. The Bertz CT molecular complexity index is 616. The first kappa shape index (κ1) is 19.1. The zero-order valence-corrected chi connectivity index (χ0v) is 14.0. The number of carbonyl (C=O) groups excluding carboxylic acids is 1. The molecule has 0 bridgehead atoms. The summed E-state index contributed by atoms with van der Waals surface area (Å²) < 4.78 is 38.7. The van der Waals surface area contributed by atoms with Crippen LogP contribution >= 0.6 is 23.2 Å². The molecule has 0 aromatic heterocycles. The molecule has 0 aliphatic carbocycles. The van der Waals surface area contributed by atoms with Crippen LogP contribution in [0.15, 0.2) is 18.2 Å². The smallest absolute Gasteiger partial charge is 0.316 e. The van der Waals surface area contributed by atoms with Gasteiger partial charge in [-0.3, -0.25) is 10.2 Å². The van der Waals surface area contributed by atoms with Gasteiger partial charge >= 0.3 is 12.2 Å². The first-order valence-electron chi connectivity index (χ1n) is 6.91. The van der Waals surface area contributed by atoms with Crippen LogP contribution in [-0.4, -0.2) is 42.7 Å². The Labute approximate surface area is 146 Å². The van der Waals surface area contributed by atoms with E-state index in [-0.39, 0.29) is 11.4 Å². The third-order valence-electron chi connectivity index (χ3n) is 3.61. The zero-order chi connectivity index (χ0) is 18.1. The Morgan fingerprint density at radius 2 is 2.04 bits per heavy atom. The number of anilines is 1. The number of alkyl halides is 3. The lowest BCUT2D eigenvalue weighted by atomic mass is 10.1. The molecule has 24 heavy (non-hydrogen) atoms. The number of nitrogens with zero attached hydrogens (tertiary/aromatic N) is 1. The van der Waals surface area contributed by atoms with Crippen LogP contribution < -0.4 is 21.7 Å². The van der Waals surface area contributed by atoms with Crippen LogP contribution in [0.5, 0.6) is 0 Å². The van der Waals surface area contributed by atoms with E-state index in [1.165, 1.54) is 30.1 Å². The highest BCUT2D eigenvalue weighted by atomic mass is 35.5. The van der Waals surface area contributed by atoms with Gasteiger partial charge in [-0.2, -0.15) is 13.2 Å². The Morgan fingerprint density at radius 1 is 1.38 bits per heavy atom. The monoisotopic (exact) mass is 385 g/mol. The number of halogens is 5. The van der Waals surface area contributed by atoms with Gasteiger partial charge in [-0.15, -0.1) is 0 Å². The summed E-state index contributed by atoms with van der Waals surface area (Å²) in [5, 5.41) is 7.72. The number of rotatable bonds is 2. The second-order valence-corrected chi connectivity index (χ2v) is 6.17. The van der Waals surface area contributed by atoms with Gasteiger partial charge in [0.2, 0.25) is 0 Å². The van der Waals surface area contributed by atoms with Crippen LogP contribution in [0.4, 0.5) is 23.7 Å². The number of nitrogens with one attached hydrogen (secondary N) is 3. The average molecular weight is 386 g/mol. The fourth-order valence-corrected chi connectivity index (χ4v) is 2.51. The molecular formula is C13H16Cl2F3N5O. The number of hydrogen-bond acceptors (Lipinski definition) is 4. The molecule has 0 radical (unpaired) electrons. The lowest BCUT2D eigenvalue weighted by Crippen LogP contribution is -2.70. The summed E-state index contributed by atoms with van der Waals surface area (Å²) in [6.45, 7) is 0. The molecule has 134 valence electrons. The fourth-order valence-electron chi connectivity index (χ4n) is 2.21. The highest BCUT2D eigenvalue weighted by molar-refractivity contribution is 6.42. The van der Waals surface area contributed by atoms with Crippen molar-refractivity contribution in [2.75, 3.05) is 12.4 Å². The largest absolute Gasteiger partial charge is 0.404 e. The molecule has 11 heteroatoms. The van der Waals surface area contributed by atoms with Crippen LogP contribution in [0.1, 0.15) is 6.42 Å². The maximum absolute atomic E-state index is 12.9. The van der Waals surface area contributed by atoms with E-state index in [1.807, 2.05) is 0 Å². The average Bonchev–Trinajstić information content (AvgIpc) is 2.46. The minimum atomic E-state index is -4.46. The van der Waals surface area contributed by atoms with Gasteiger partial charge in [-0.25, -0.2) is 4.79 Å². The Balaban J connectivity index is 2.02. The predicted molar refractivity (Wildman–Crippen MR) is 85.7 cm³/mol. The molecular weight excluding hydrogens is 370 g/mol. The molecule has 2 amide bonds. The fraction of sp³-hybridized carbons (Fsp3) is 0.462. The molecule has 1 aromatic carbocycles. The lowest BCUT2D eigenvalue weighted by molar-refractivity contribution is -0.176. The van der Waals surface area contributed by atoms with Crippen LogP contribution in [0.3, 0.4) is 0 Å². The third kappa shape index (κ3) is 4.64. The highest BCUT2D eigenvalue weighted by Gasteiger charge is 2.46. The molecule has 1 fully saturated rings. The van der Waals surface area contributed by atoms with Crippen LogP contribution in [0, 0.1) is 0 Å². The maximum atomic E-state index is 12.9. The molecule has 1 aliphatic heterocycles. The molecule has 5 N–H and O–H groups in total. The molecule has 6 nitrogen and oxygen atoms in total. The Hall–Kier alpha value is -1.26. The number of amides is 2. The van der Waals surface area contributed by atoms with Crippen molar-refractivity contribution >= 4 is 34.9 Å².